The minimum absolute atomic E-state index is 0.0938. The number of thiazole rings is 1. The number of nitrogens with zero attached hydrogens (tertiary/aromatic N) is 1. The van der Waals surface area contributed by atoms with Crippen LogP contribution in [0.5, 0.6) is 0 Å². The number of nitrogens with one attached hydrogen (secondary N) is 1. The van der Waals surface area contributed by atoms with Crippen molar-refractivity contribution in [3.8, 4) is 0 Å². The molecule has 0 radical (unpaired) electrons. The van der Waals surface area contributed by atoms with Crippen LogP contribution in [0.4, 0.5) is 18.9 Å². The van der Waals surface area contributed by atoms with Gasteiger partial charge in [0.05, 0.1) is 21.5 Å². The summed E-state index contributed by atoms with van der Waals surface area (Å²) in [6.45, 7) is 0. The smallest absolute Gasteiger partial charge is 0.284 e. The molecule has 0 aliphatic rings. The Kier molecular flexibility index (Phi) is 5.97. The van der Waals surface area contributed by atoms with E-state index in [0.717, 1.165) is 26.7 Å². The maximum atomic E-state index is 12.7. The molecule has 144 valence electrons. The van der Waals surface area contributed by atoms with E-state index in [2.05, 4.69) is 9.71 Å². The molecule has 2 aromatic carbocycles. The van der Waals surface area contributed by atoms with E-state index in [1.165, 1.54) is 23.9 Å². The average Bonchev–Trinajstić information content (AvgIpc) is 3.01. The number of anilines is 1. The van der Waals surface area contributed by atoms with Crippen LogP contribution in [0.1, 0.15) is 12.0 Å². The highest BCUT2D eigenvalue weighted by atomic mass is 32.2. The van der Waals surface area contributed by atoms with Crippen LogP contribution in [-0.4, -0.2) is 24.9 Å². The summed E-state index contributed by atoms with van der Waals surface area (Å²) in [5.74, 6) is 0.366. The number of sulfonamides is 1. The molecule has 4 nitrogen and oxygen atoms in total. The fourth-order valence-corrected chi connectivity index (χ4v) is 5.68. The van der Waals surface area contributed by atoms with E-state index in [9.17, 15) is 21.6 Å². The van der Waals surface area contributed by atoms with Crippen LogP contribution >= 0.6 is 23.1 Å². The number of alkyl halides is 3. The van der Waals surface area contributed by atoms with E-state index in [1.54, 1.807) is 11.3 Å². The minimum Gasteiger partial charge on any atom is -0.284 e. The Bertz CT molecular complexity index is 1000. The predicted molar refractivity (Wildman–Crippen MR) is 104 cm³/mol. The summed E-state index contributed by atoms with van der Waals surface area (Å²) in [7, 11) is -3.72. The van der Waals surface area contributed by atoms with Crippen molar-refractivity contribution in [2.45, 2.75) is 16.9 Å². The maximum Gasteiger partial charge on any atom is 0.416 e. The number of aromatic nitrogens is 1. The molecule has 0 spiro atoms. The van der Waals surface area contributed by atoms with Crippen molar-refractivity contribution in [1.29, 1.82) is 0 Å². The average molecular weight is 433 g/mol. The largest absolute Gasteiger partial charge is 0.416 e. The van der Waals surface area contributed by atoms with Gasteiger partial charge in [-0.05, 0) is 36.8 Å². The molecule has 1 aromatic heterocycles. The minimum atomic E-state index is -4.52. The summed E-state index contributed by atoms with van der Waals surface area (Å²) in [6, 6.07) is 11.9. The van der Waals surface area contributed by atoms with Gasteiger partial charge in [0.1, 0.15) is 0 Å². The van der Waals surface area contributed by atoms with Crippen molar-refractivity contribution in [2.24, 2.45) is 0 Å². The van der Waals surface area contributed by atoms with Gasteiger partial charge in [0.2, 0.25) is 10.0 Å². The SMILES string of the molecule is O=S(=O)(CCCSc1nc2ccccc2s1)Nc1cccc(C(F)(F)F)c1. The number of halogens is 3. The normalized spacial score (nSPS) is 12.4. The van der Waals surface area contributed by atoms with Crippen molar-refractivity contribution in [3.05, 3.63) is 54.1 Å². The molecular weight excluding hydrogens is 417 g/mol. The maximum absolute atomic E-state index is 12.7. The van der Waals surface area contributed by atoms with E-state index in [0.29, 0.717) is 12.2 Å². The topological polar surface area (TPSA) is 59.1 Å². The van der Waals surface area contributed by atoms with Gasteiger partial charge in [-0.2, -0.15) is 13.2 Å². The molecule has 0 aliphatic heterocycles. The lowest BCUT2D eigenvalue weighted by Crippen LogP contribution is -2.17. The fraction of sp³-hybridized carbons (Fsp3) is 0.235. The number of rotatable bonds is 7. The molecule has 3 aromatic rings. The Morgan fingerprint density at radius 2 is 1.89 bits per heavy atom. The second-order valence-electron chi connectivity index (χ2n) is 5.65. The van der Waals surface area contributed by atoms with Gasteiger partial charge < -0.3 is 0 Å². The third kappa shape index (κ3) is 5.60. The van der Waals surface area contributed by atoms with Crippen molar-refractivity contribution in [1.82, 2.24) is 4.98 Å². The number of hydrogen-bond donors (Lipinski definition) is 1. The third-order valence-electron chi connectivity index (χ3n) is 3.52. The first-order chi connectivity index (χ1) is 12.7. The van der Waals surface area contributed by atoms with E-state index in [4.69, 9.17) is 0 Å². The van der Waals surface area contributed by atoms with Crippen LogP contribution < -0.4 is 4.72 Å². The highest BCUT2D eigenvalue weighted by Gasteiger charge is 2.30. The fourth-order valence-electron chi connectivity index (χ4n) is 2.31. The van der Waals surface area contributed by atoms with Gasteiger partial charge in [-0.3, -0.25) is 4.72 Å². The molecule has 1 N–H and O–H groups in total. The second-order valence-corrected chi connectivity index (χ2v) is 9.86. The van der Waals surface area contributed by atoms with Crippen LogP contribution in [0.2, 0.25) is 0 Å². The van der Waals surface area contributed by atoms with E-state index < -0.39 is 21.8 Å². The van der Waals surface area contributed by atoms with E-state index >= 15 is 0 Å². The van der Waals surface area contributed by atoms with Gasteiger partial charge in [-0.25, -0.2) is 13.4 Å². The monoisotopic (exact) mass is 432 g/mol. The highest BCUT2D eigenvalue weighted by molar-refractivity contribution is 8.01. The summed E-state index contributed by atoms with van der Waals surface area (Å²) in [4.78, 5) is 4.46. The van der Waals surface area contributed by atoms with Crippen LogP contribution in [0.15, 0.2) is 52.9 Å². The molecule has 0 aliphatic carbocycles. The first-order valence-electron chi connectivity index (χ1n) is 7.89. The molecule has 0 saturated heterocycles. The first kappa shape index (κ1) is 20.0. The summed E-state index contributed by atoms with van der Waals surface area (Å²) < 4.78 is 66.4. The molecule has 3 rings (SSSR count). The molecule has 0 bridgehead atoms. The molecular formula is C17H15F3N2O2S3. The van der Waals surface area contributed by atoms with Crippen molar-refractivity contribution in [2.75, 3.05) is 16.2 Å². The zero-order valence-electron chi connectivity index (χ0n) is 13.9. The van der Waals surface area contributed by atoms with Crippen LogP contribution in [0.3, 0.4) is 0 Å². The quantitative estimate of drug-likeness (QED) is 0.410. The van der Waals surface area contributed by atoms with Gasteiger partial charge in [0.25, 0.3) is 0 Å². The van der Waals surface area contributed by atoms with Gasteiger partial charge >= 0.3 is 6.18 Å². The number of benzene rings is 2. The Hall–Kier alpha value is -1.78. The van der Waals surface area contributed by atoms with E-state index in [-0.39, 0.29) is 11.4 Å². The summed E-state index contributed by atoms with van der Waals surface area (Å²) >= 11 is 3.01. The number of hydrogen-bond acceptors (Lipinski definition) is 5. The predicted octanol–water partition coefficient (Wildman–Crippen LogP) is 5.24. The first-order valence-corrected chi connectivity index (χ1v) is 11.3. The Morgan fingerprint density at radius 1 is 1.11 bits per heavy atom. The van der Waals surface area contributed by atoms with Crippen LogP contribution in [-0.2, 0) is 16.2 Å². The highest BCUT2D eigenvalue weighted by Crippen LogP contribution is 2.31. The number of thioether (sulfide) groups is 1. The molecule has 0 atom stereocenters. The van der Waals surface area contributed by atoms with Gasteiger partial charge in [-0.15, -0.1) is 11.3 Å². The Labute approximate surface area is 162 Å². The molecule has 0 fully saturated rings. The Morgan fingerprint density at radius 3 is 2.63 bits per heavy atom. The standard InChI is InChI=1S/C17H15F3N2O2S3/c18-17(19,20)12-5-3-6-13(11-12)22-27(23,24)10-4-9-25-16-21-14-7-1-2-8-15(14)26-16/h1-3,5-8,11,22H,4,9-10H2. The van der Waals surface area contributed by atoms with E-state index in [1.807, 2.05) is 24.3 Å². The van der Waals surface area contributed by atoms with Crippen molar-refractivity contribution in [3.63, 3.8) is 0 Å². The molecule has 27 heavy (non-hydrogen) atoms. The van der Waals surface area contributed by atoms with Crippen LogP contribution in [0, 0.1) is 0 Å². The van der Waals surface area contributed by atoms with Gasteiger partial charge in [0, 0.05) is 11.4 Å². The molecule has 10 heteroatoms. The summed E-state index contributed by atoms with van der Waals surface area (Å²) in [5, 5.41) is 0. The summed E-state index contributed by atoms with van der Waals surface area (Å²) in [6.07, 6.45) is -4.16. The number of fused-ring (bicyclic) bond motifs is 1. The number of para-hydroxylation sites is 1. The van der Waals surface area contributed by atoms with Gasteiger partial charge in [0.15, 0.2) is 4.34 Å². The van der Waals surface area contributed by atoms with Gasteiger partial charge in [-0.1, -0.05) is 30.0 Å². The zero-order chi connectivity index (χ0) is 19.5. The van der Waals surface area contributed by atoms with Crippen molar-refractivity contribution < 1.29 is 21.6 Å². The lowest BCUT2D eigenvalue weighted by atomic mass is 10.2. The molecule has 0 unspecified atom stereocenters. The Balaban J connectivity index is 1.52. The third-order valence-corrected chi connectivity index (χ3v) is 7.16. The van der Waals surface area contributed by atoms with Crippen LogP contribution in [0.25, 0.3) is 10.2 Å². The second kappa shape index (κ2) is 8.07. The lowest BCUT2D eigenvalue weighted by molar-refractivity contribution is -0.137. The molecule has 1 heterocycles. The summed E-state index contributed by atoms with van der Waals surface area (Å²) in [5.41, 5.74) is -0.0819. The van der Waals surface area contributed by atoms with Crippen molar-refractivity contribution >= 4 is 49.0 Å². The molecule has 0 saturated carbocycles. The zero-order valence-corrected chi connectivity index (χ0v) is 16.3. The lowest BCUT2D eigenvalue weighted by Gasteiger charge is -2.11. The molecule has 0 amide bonds.